The van der Waals surface area contributed by atoms with Crippen LogP contribution in [-0.4, -0.2) is 29.7 Å². The minimum Gasteiger partial charge on any atom is -0.368 e. The highest BCUT2D eigenvalue weighted by Crippen LogP contribution is 2.13. The van der Waals surface area contributed by atoms with Gasteiger partial charge in [0.25, 0.3) is 0 Å². The fourth-order valence-electron chi connectivity index (χ4n) is 1.38. The molecule has 0 aliphatic carbocycles. The molecule has 0 amide bonds. The first kappa shape index (κ1) is 7.92. The van der Waals surface area contributed by atoms with Crippen LogP contribution in [0.4, 0.5) is 5.95 Å². The fraction of sp³-hybridized carbons (Fsp3) is 0. The number of aromatic amines is 1. The summed E-state index contributed by atoms with van der Waals surface area (Å²) in [4.78, 5) is 12.1. The van der Waals surface area contributed by atoms with Gasteiger partial charge in [-0.2, -0.15) is 10.1 Å². The van der Waals surface area contributed by atoms with Crippen molar-refractivity contribution in [2.75, 3.05) is 5.73 Å². The second kappa shape index (κ2) is 2.77. The molecule has 0 spiro atoms. The molecular formula is C8H7N7. The monoisotopic (exact) mass is 201 g/mol. The SMILES string of the molecule is Nc1ncc2ncn(-c3cc[nH]n3)c2n1. The Morgan fingerprint density at radius 3 is 3.07 bits per heavy atom. The van der Waals surface area contributed by atoms with Crippen molar-refractivity contribution in [1.82, 2.24) is 29.7 Å². The Labute approximate surface area is 84.0 Å². The van der Waals surface area contributed by atoms with Gasteiger partial charge in [-0.05, 0) is 0 Å². The molecule has 15 heavy (non-hydrogen) atoms. The van der Waals surface area contributed by atoms with Crippen molar-refractivity contribution >= 4 is 17.1 Å². The molecule has 0 bridgehead atoms. The molecule has 0 aromatic carbocycles. The van der Waals surface area contributed by atoms with Crippen LogP contribution in [0.25, 0.3) is 17.0 Å². The highest BCUT2D eigenvalue weighted by molar-refractivity contribution is 5.72. The first-order valence-corrected chi connectivity index (χ1v) is 4.30. The number of nitrogens with two attached hydrogens (primary N) is 1. The van der Waals surface area contributed by atoms with E-state index in [4.69, 9.17) is 5.73 Å². The lowest BCUT2D eigenvalue weighted by atomic mass is 10.5. The first-order chi connectivity index (χ1) is 7.34. The first-order valence-electron chi connectivity index (χ1n) is 4.30. The van der Waals surface area contributed by atoms with Crippen LogP contribution in [0.1, 0.15) is 0 Å². The smallest absolute Gasteiger partial charge is 0.222 e. The molecule has 0 aliphatic rings. The summed E-state index contributed by atoms with van der Waals surface area (Å²) in [6.07, 6.45) is 4.95. The number of imidazole rings is 1. The molecule has 7 nitrogen and oxygen atoms in total. The third kappa shape index (κ3) is 1.13. The molecule has 0 saturated heterocycles. The Morgan fingerprint density at radius 2 is 2.27 bits per heavy atom. The molecule has 74 valence electrons. The summed E-state index contributed by atoms with van der Waals surface area (Å²) in [5.74, 6) is 0.940. The lowest BCUT2D eigenvalue weighted by molar-refractivity contribution is 0.964. The van der Waals surface area contributed by atoms with Gasteiger partial charge in [-0.3, -0.25) is 9.67 Å². The molecule has 0 fully saturated rings. The van der Waals surface area contributed by atoms with Crippen LogP contribution in [-0.2, 0) is 0 Å². The van der Waals surface area contributed by atoms with Gasteiger partial charge in [0.15, 0.2) is 11.5 Å². The van der Waals surface area contributed by atoms with Gasteiger partial charge in [-0.15, -0.1) is 0 Å². The van der Waals surface area contributed by atoms with Crippen LogP contribution in [0.15, 0.2) is 24.8 Å². The summed E-state index contributed by atoms with van der Waals surface area (Å²) in [6, 6.07) is 1.82. The minimum atomic E-state index is 0.222. The van der Waals surface area contributed by atoms with Crippen molar-refractivity contribution < 1.29 is 0 Å². The van der Waals surface area contributed by atoms with Gasteiger partial charge in [0.2, 0.25) is 5.95 Å². The number of aromatic nitrogens is 6. The zero-order valence-corrected chi connectivity index (χ0v) is 7.62. The van der Waals surface area contributed by atoms with E-state index in [9.17, 15) is 0 Å². The summed E-state index contributed by atoms with van der Waals surface area (Å²) in [5, 5.41) is 6.76. The topological polar surface area (TPSA) is 98.3 Å². The number of nitrogens with one attached hydrogen (secondary N) is 1. The largest absolute Gasteiger partial charge is 0.368 e. The van der Waals surface area contributed by atoms with Crippen molar-refractivity contribution in [2.45, 2.75) is 0 Å². The molecule has 7 heteroatoms. The normalized spacial score (nSPS) is 10.9. The summed E-state index contributed by atoms with van der Waals surface area (Å²) in [6.45, 7) is 0. The van der Waals surface area contributed by atoms with E-state index >= 15 is 0 Å². The van der Waals surface area contributed by atoms with Crippen LogP contribution in [0.2, 0.25) is 0 Å². The van der Waals surface area contributed by atoms with E-state index < -0.39 is 0 Å². The van der Waals surface area contributed by atoms with E-state index in [1.54, 1.807) is 23.3 Å². The lowest BCUT2D eigenvalue weighted by Crippen LogP contribution is -1.98. The number of nitrogen functional groups attached to an aromatic ring is 1. The summed E-state index contributed by atoms with van der Waals surface area (Å²) in [5.41, 5.74) is 6.85. The van der Waals surface area contributed by atoms with Crippen LogP contribution >= 0.6 is 0 Å². The average Bonchev–Trinajstić information content (AvgIpc) is 2.83. The van der Waals surface area contributed by atoms with E-state index in [-0.39, 0.29) is 5.95 Å². The van der Waals surface area contributed by atoms with E-state index in [1.807, 2.05) is 6.07 Å². The predicted molar refractivity (Wildman–Crippen MR) is 53.2 cm³/mol. The summed E-state index contributed by atoms with van der Waals surface area (Å²) < 4.78 is 1.74. The van der Waals surface area contributed by atoms with Gasteiger partial charge in [-0.25, -0.2) is 9.97 Å². The predicted octanol–water partition coefficient (Wildman–Crippen LogP) is 0.121. The lowest BCUT2D eigenvalue weighted by Gasteiger charge is -1.97. The van der Waals surface area contributed by atoms with E-state index in [1.165, 1.54) is 0 Å². The Morgan fingerprint density at radius 1 is 1.33 bits per heavy atom. The van der Waals surface area contributed by atoms with Gasteiger partial charge in [0.05, 0.1) is 6.20 Å². The van der Waals surface area contributed by atoms with Gasteiger partial charge in [-0.1, -0.05) is 0 Å². The molecule has 0 radical (unpaired) electrons. The Hall–Kier alpha value is -2.44. The highest BCUT2D eigenvalue weighted by atomic mass is 15.2. The van der Waals surface area contributed by atoms with Crippen LogP contribution < -0.4 is 5.73 Å². The molecule has 0 aliphatic heterocycles. The van der Waals surface area contributed by atoms with Gasteiger partial charge in [0.1, 0.15) is 11.8 Å². The molecule has 3 aromatic rings. The average molecular weight is 201 g/mol. The number of rotatable bonds is 1. The second-order valence-corrected chi connectivity index (χ2v) is 2.98. The fourth-order valence-corrected chi connectivity index (χ4v) is 1.38. The number of anilines is 1. The summed E-state index contributed by atoms with van der Waals surface area (Å²) in [7, 11) is 0. The van der Waals surface area contributed by atoms with Crippen LogP contribution in [0, 0.1) is 0 Å². The zero-order chi connectivity index (χ0) is 10.3. The number of hydrogen-bond acceptors (Lipinski definition) is 5. The Balaban J connectivity index is 2.32. The number of H-pyrrole nitrogens is 1. The molecular weight excluding hydrogens is 194 g/mol. The molecule has 3 N–H and O–H groups in total. The van der Waals surface area contributed by atoms with Crippen LogP contribution in [0.3, 0.4) is 0 Å². The quantitative estimate of drug-likeness (QED) is 0.582. The zero-order valence-electron chi connectivity index (χ0n) is 7.62. The Kier molecular flexibility index (Phi) is 1.46. The van der Waals surface area contributed by atoms with E-state index in [2.05, 4.69) is 25.1 Å². The van der Waals surface area contributed by atoms with Gasteiger partial charge < -0.3 is 5.73 Å². The third-order valence-corrected chi connectivity index (χ3v) is 2.04. The van der Waals surface area contributed by atoms with Crippen molar-refractivity contribution in [3.8, 4) is 5.82 Å². The van der Waals surface area contributed by atoms with Gasteiger partial charge >= 0.3 is 0 Å². The van der Waals surface area contributed by atoms with Crippen LogP contribution in [0.5, 0.6) is 0 Å². The maximum absolute atomic E-state index is 5.51. The minimum absolute atomic E-state index is 0.222. The highest BCUT2D eigenvalue weighted by Gasteiger charge is 2.07. The number of hydrogen-bond donors (Lipinski definition) is 2. The molecule has 3 heterocycles. The van der Waals surface area contributed by atoms with Crippen molar-refractivity contribution in [2.24, 2.45) is 0 Å². The molecule has 0 saturated carbocycles. The van der Waals surface area contributed by atoms with Gasteiger partial charge in [0, 0.05) is 12.3 Å². The molecule has 0 atom stereocenters. The van der Waals surface area contributed by atoms with Crippen molar-refractivity contribution in [3.63, 3.8) is 0 Å². The summed E-state index contributed by atoms with van der Waals surface area (Å²) >= 11 is 0. The number of fused-ring (bicyclic) bond motifs is 1. The van der Waals surface area contributed by atoms with Crippen molar-refractivity contribution in [3.05, 3.63) is 24.8 Å². The molecule has 0 unspecified atom stereocenters. The molecule has 3 aromatic heterocycles. The van der Waals surface area contributed by atoms with E-state index in [0.29, 0.717) is 11.2 Å². The Bertz CT molecular complexity index is 595. The standard InChI is InChI=1S/C8H7N7/c9-8-10-3-5-7(13-8)15(4-11-5)6-1-2-12-14-6/h1-4H,(H,12,14)(H2,9,10,13). The number of nitrogens with zero attached hydrogens (tertiary/aromatic N) is 5. The second-order valence-electron chi connectivity index (χ2n) is 2.98. The maximum atomic E-state index is 5.51. The maximum Gasteiger partial charge on any atom is 0.222 e. The van der Waals surface area contributed by atoms with E-state index in [0.717, 1.165) is 5.82 Å². The molecule has 3 rings (SSSR count). The third-order valence-electron chi connectivity index (χ3n) is 2.04. The van der Waals surface area contributed by atoms with Crippen molar-refractivity contribution in [1.29, 1.82) is 0 Å².